The van der Waals surface area contributed by atoms with Crippen LogP contribution < -0.4 is 4.74 Å². The number of aromatic hydroxyl groups is 2. The number of aliphatic hydroxyl groups is 4. The van der Waals surface area contributed by atoms with Crippen LogP contribution in [0.4, 0.5) is 0 Å². The van der Waals surface area contributed by atoms with Gasteiger partial charge in [0.2, 0.25) is 12.0 Å². The number of fused-ring (bicyclic) bond motifs is 1. The molecule has 1 aliphatic heterocycles. The van der Waals surface area contributed by atoms with Crippen molar-refractivity contribution in [2.75, 3.05) is 6.61 Å². The Morgan fingerprint density at radius 1 is 0.970 bits per heavy atom. The average molecular weight is 461 g/mol. The van der Waals surface area contributed by atoms with E-state index in [1.54, 1.807) is 0 Å². The molecule has 1 saturated heterocycles. The van der Waals surface area contributed by atoms with E-state index in [-0.39, 0.29) is 39.5 Å². The second-order valence-electron chi connectivity index (χ2n) is 7.51. The van der Waals surface area contributed by atoms with Gasteiger partial charge in [0.25, 0.3) is 0 Å². The molecule has 0 amide bonds. The van der Waals surface area contributed by atoms with E-state index in [0.717, 1.165) is 6.07 Å². The van der Waals surface area contributed by atoms with Crippen LogP contribution in [0.1, 0.15) is 10.4 Å². The molecule has 11 heteroatoms. The molecule has 1 fully saturated rings. The number of carboxylic acids is 1. The van der Waals surface area contributed by atoms with Gasteiger partial charge in [-0.25, -0.2) is 9.21 Å². The molecule has 3 aromatic rings. The Hall–Kier alpha value is -3.48. The summed E-state index contributed by atoms with van der Waals surface area (Å²) in [5, 5.41) is 68.9. The van der Waals surface area contributed by atoms with Crippen molar-refractivity contribution in [1.82, 2.24) is 0 Å². The summed E-state index contributed by atoms with van der Waals surface area (Å²) >= 11 is 0. The van der Waals surface area contributed by atoms with Crippen molar-refractivity contribution in [3.8, 4) is 28.6 Å². The highest BCUT2D eigenvalue weighted by molar-refractivity contribution is 6.03. The standard InChI is InChI=1S/C22H20O11/c23-8-16-17(26)18(27)19(28)22(33-16)32-15-7-12-13(21(29)30)5-11(25)6-14(12)31-20(15)9-1-3-10(24)4-2-9/h1-7,16-19,22-23,26-28H,8H2,(H2-,24,25,29,30)/p+1/t16-,17-,18+,19-,22-/m1/s1. The molecule has 11 nitrogen and oxygen atoms in total. The Labute approximate surface area is 185 Å². The minimum atomic E-state index is -1.72. The fourth-order valence-electron chi connectivity index (χ4n) is 3.57. The maximum absolute atomic E-state index is 11.7. The number of phenols is 2. The number of ether oxygens (including phenoxy) is 2. The van der Waals surface area contributed by atoms with Crippen LogP contribution in [0.5, 0.6) is 17.2 Å². The summed E-state index contributed by atoms with van der Waals surface area (Å²) in [6.45, 7) is -0.667. The second kappa shape index (κ2) is 8.81. The third-order valence-electron chi connectivity index (χ3n) is 5.29. The number of rotatable bonds is 5. The molecule has 0 radical (unpaired) electrons. The van der Waals surface area contributed by atoms with Crippen LogP contribution in [0.3, 0.4) is 0 Å². The summed E-state index contributed by atoms with van der Waals surface area (Å²) in [7, 11) is 0. The molecule has 174 valence electrons. The van der Waals surface area contributed by atoms with E-state index in [1.165, 1.54) is 36.4 Å². The van der Waals surface area contributed by atoms with Crippen molar-refractivity contribution < 1.29 is 54.4 Å². The summed E-state index contributed by atoms with van der Waals surface area (Å²) in [5.41, 5.74) is 0.107. The van der Waals surface area contributed by atoms with Crippen LogP contribution in [0, 0.1) is 0 Å². The third-order valence-corrected chi connectivity index (χ3v) is 5.29. The molecule has 33 heavy (non-hydrogen) atoms. The molecule has 2 aromatic carbocycles. The van der Waals surface area contributed by atoms with Crippen LogP contribution in [-0.2, 0) is 4.74 Å². The maximum Gasteiger partial charge on any atom is 0.402 e. The molecule has 1 aliphatic rings. The summed E-state index contributed by atoms with van der Waals surface area (Å²) in [6, 6.07) is 9.25. The summed E-state index contributed by atoms with van der Waals surface area (Å²) < 4.78 is 17.0. The minimum Gasteiger partial charge on any atom is -0.508 e. The maximum atomic E-state index is 11.7. The lowest BCUT2D eigenvalue weighted by atomic mass is 9.99. The van der Waals surface area contributed by atoms with Crippen LogP contribution >= 0.6 is 0 Å². The molecule has 0 saturated carbocycles. The first kappa shape index (κ1) is 22.7. The topological polar surface area (TPSA) is 188 Å². The van der Waals surface area contributed by atoms with E-state index in [2.05, 4.69) is 0 Å². The molecule has 0 spiro atoms. The third kappa shape index (κ3) is 4.27. The average Bonchev–Trinajstić information content (AvgIpc) is 2.79. The van der Waals surface area contributed by atoms with Gasteiger partial charge < -0.3 is 45.2 Å². The smallest absolute Gasteiger partial charge is 0.402 e. The lowest BCUT2D eigenvalue weighted by Gasteiger charge is -2.39. The van der Waals surface area contributed by atoms with E-state index >= 15 is 0 Å². The Morgan fingerprint density at radius 3 is 2.30 bits per heavy atom. The molecule has 0 unspecified atom stereocenters. The molecule has 0 aliphatic carbocycles. The molecule has 4 rings (SSSR count). The molecular weight excluding hydrogens is 440 g/mol. The van der Waals surface area contributed by atoms with Gasteiger partial charge in [0.05, 0.1) is 29.2 Å². The number of benzene rings is 2. The Bertz CT molecular complexity index is 1180. The molecule has 7 N–H and O–H groups in total. The van der Waals surface area contributed by atoms with Gasteiger partial charge >= 0.3 is 17.3 Å². The number of hydrogen-bond acceptors (Lipinski definition) is 9. The zero-order chi connectivity index (χ0) is 23.9. The first-order valence-electron chi connectivity index (χ1n) is 9.83. The predicted octanol–water partition coefficient (Wildman–Crippen LogP) is 0.669. The van der Waals surface area contributed by atoms with Crippen molar-refractivity contribution in [2.24, 2.45) is 0 Å². The Morgan fingerprint density at radius 2 is 1.67 bits per heavy atom. The normalized spacial score (nSPS) is 25.2. The van der Waals surface area contributed by atoms with Gasteiger partial charge in [-0.05, 0) is 30.3 Å². The van der Waals surface area contributed by atoms with E-state index in [4.69, 9.17) is 13.9 Å². The first-order valence-corrected chi connectivity index (χ1v) is 9.83. The highest BCUT2D eigenvalue weighted by atomic mass is 16.7. The van der Waals surface area contributed by atoms with Crippen molar-refractivity contribution in [2.45, 2.75) is 30.7 Å². The van der Waals surface area contributed by atoms with Crippen LogP contribution in [0.15, 0.2) is 46.9 Å². The lowest BCUT2D eigenvalue weighted by molar-refractivity contribution is -0.277. The summed E-state index contributed by atoms with van der Waals surface area (Å²) in [5.74, 6) is -1.79. The van der Waals surface area contributed by atoms with Gasteiger partial charge in [0.1, 0.15) is 35.9 Å². The molecule has 2 heterocycles. The zero-order valence-electron chi connectivity index (χ0n) is 16.9. The van der Waals surface area contributed by atoms with Gasteiger partial charge in [0.15, 0.2) is 0 Å². The first-order chi connectivity index (χ1) is 15.7. The number of aromatic carboxylic acids is 1. The quantitative estimate of drug-likeness (QED) is 0.265. The zero-order valence-corrected chi connectivity index (χ0v) is 16.9. The van der Waals surface area contributed by atoms with Crippen LogP contribution in [0.25, 0.3) is 22.3 Å². The summed E-state index contributed by atoms with van der Waals surface area (Å²) in [4.78, 5) is 11.7. The number of phenolic OH excluding ortho intramolecular Hbond substituents is 2. The van der Waals surface area contributed by atoms with E-state index in [0.29, 0.717) is 5.56 Å². The van der Waals surface area contributed by atoms with Gasteiger partial charge in [-0.15, -0.1) is 0 Å². The van der Waals surface area contributed by atoms with Crippen molar-refractivity contribution in [3.63, 3.8) is 0 Å². The SMILES string of the molecule is O=C(O)c1cc(O)cc2[o+]c(-c3ccc(O)cc3)c(O[C@@H]3O[C@H](CO)[C@@H](O)[C@H](O)[C@H]3O)cc12. The molecule has 5 atom stereocenters. The highest BCUT2D eigenvalue weighted by Crippen LogP contribution is 2.39. The van der Waals surface area contributed by atoms with Gasteiger partial charge in [-0.1, -0.05) is 0 Å². The fourth-order valence-corrected chi connectivity index (χ4v) is 3.57. The monoisotopic (exact) mass is 461 g/mol. The van der Waals surface area contributed by atoms with Crippen molar-refractivity contribution in [1.29, 1.82) is 0 Å². The Balaban J connectivity index is 1.86. The number of aliphatic hydroxyl groups excluding tert-OH is 4. The largest absolute Gasteiger partial charge is 0.508 e. The Kier molecular flexibility index (Phi) is 6.06. The van der Waals surface area contributed by atoms with Crippen LogP contribution in [-0.4, -0.2) is 79.0 Å². The molecule has 0 bridgehead atoms. The number of hydrogen-bond donors (Lipinski definition) is 7. The van der Waals surface area contributed by atoms with Crippen LogP contribution in [0.2, 0.25) is 0 Å². The van der Waals surface area contributed by atoms with Crippen molar-refractivity contribution >= 4 is 16.9 Å². The number of carbonyl (C=O) groups is 1. The lowest BCUT2D eigenvalue weighted by Crippen LogP contribution is -2.60. The van der Waals surface area contributed by atoms with E-state index < -0.39 is 43.3 Å². The van der Waals surface area contributed by atoms with Gasteiger partial charge in [-0.2, -0.15) is 0 Å². The molecular formula is C22H21O11+. The van der Waals surface area contributed by atoms with Gasteiger partial charge in [0, 0.05) is 6.07 Å². The second-order valence-corrected chi connectivity index (χ2v) is 7.51. The number of carboxylic acid groups (broad SMARTS) is 1. The van der Waals surface area contributed by atoms with E-state index in [1.807, 2.05) is 0 Å². The van der Waals surface area contributed by atoms with Gasteiger partial charge in [-0.3, -0.25) is 0 Å². The molecule has 1 aromatic heterocycles. The minimum absolute atomic E-state index is 0.0108. The summed E-state index contributed by atoms with van der Waals surface area (Å²) in [6.07, 6.45) is -7.79. The highest BCUT2D eigenvalue weighted by Gasteiger charge is 2.45. The van der Waals surface area contributed by atoms with E-state index in [9.17, 15) is 40.5 Å². The predicted molar refractivity (Wildman–Crippen MR) is 111 cm³/mol. The fraction of sp³-hybridized carbons (Fsp3) is 0.273. The van der Waals surface area contributed by atoms with Crippen molar-refractivity contribution in [3.05, 3.63) is 48.0 Å².